The molecule has 0 aliphatic heterocycles. The minimum absolute atomic E-state index is 0.275. The summed E-state index contributed by atoms with van der Waals surface area (Å²) in [5.74, 6) is 0.814. The van der Waals surface area contributed by atoms with Crippen molar-refractivity contribution in [1.82, 2.24) is 0 Å². The van der Waals surface area contributed by atoms with E-state index in [-0.39, 0.29) is 9.52 Å². The second-order valence-electron chi connectivity index (χ2n) is 15.5. The van der Waals surface area contributed by atoms with Crippen LogP contribution in [-0.4, -0.2) is 26.4 Å². The molecule has 0 saturated carbocycles. The van der Waals surface area contributed by atoms with Gasteiger partial charge >= 0.3 is 0 Å². The first-order valence-electron chi connectivity index (χ1n) is 17.3. The molecular formula is C41H52N2Si3. The molecule has 0 spiro atoms. The van der Waals surface area contributed by atoms with Crippen molar-refractivity contribution in [3.05, 3.63) is 89.5 Å². The molecule has 0 aliphatic carbocycles. The third kappa shape index (κ3) is 6.05. The molecule has 0 aliphatic rings. The van der Waals surface area contributed by atoms with E-state index in [2.05, 4.69) is 157 Å². The molecule has 2 N–H and O–H groups in total. The number of anilines is 4. The number of benzene rings is 6. The largest absolute Gasteiger partial charge is 0.355 e. The van der Waals surface area contributed by atoms with Crippen molar-refractivity contribution >= 4 is 97.0 Å². The minimum Gasteiger partial charge on any atom is -0.355 e. The lowest BCUT2D eigenvalue weighted by Crippen LogP contribution is -2.40. The summed E-state index contributed by atoms with van der Waals surface area (Å²) in [6, 6.07) is 28.8. The predicted molar refractivity (Wildman–Crippen MR) is 218 cm³/mol. The Hall–Kier alpha value is -3.39. The Morgan fingerprint density at radius 3 is 1.59 bits per heavy atom. The van der Waals surface area contributed by atoms with Crippen LogP contribution < -0.4 is 26.2 Å². The number of nitrogens with one attached hydrogen (secondary N) is 2. The van der Waals surface area contributed by atoms with Crippen molar-refractivity contribution in [2.24, 2.45) is 0 Å². The van der Waals surface area contributed by atoms with Gasteiger partial charge in [0.05, 0.1) is 26.4 Å². The topological polar surface area (TPSA) is 24.1 Å². The summed E-state index contributed by atoms with van der Waals surface area (Å²) in [5.41, 5.74) is 9.00. The molecule has 0 fully saturated rings. The maximum Gasteiger partial charge on any atom is 0.0776 e. The number of hydrogen-bond donors (Lipinski definition) is 2. The Morgan fingerprint density at radius 1 is 0.630 bits per heavy atom. The van der Waals surface area contributed by atoms with Gasteiger partial charge in [0.15, 0.2) is 0 Å². The highest BCUT2D eigenvalue weighted by atomic mass is 28.3. The first-order chi connectivity index (χ1) is 21.7. The van der Waals surface area contributed by atoms with Gasteiger partial charge in [-0.15, -0.1) is 0 Å². The van der Waals surface area contributed by atoms with E-state index in [9.17, 15) is 0 Å². The molecule has 2 nitrogen and oxygen atoms in total. The van der Waals surface area contributed by atoms with Crippen molar-refractivity contribution in [3.8, 4) is 0 Å². The van der Waals surface area contributed by atoms with E-state index in [0.717, 1.165) is 0 Å². The second-order valence-corrected chi connectivity index (χ2v) is 25.0. The van der Waals surface area contributed by atoms with Crippen molar-refractivity contribution in [3.63, 3.8) is 0 Å². The zero-order valence-corrected chi connectivity index (χ0v) is 33.4. The molecule has 6 aromatic carbocycles. The molecule has 0 aromatic heterocycles. The van der Waals surface area contributed by atoms with Gasteiger partial charge in [-0.05, 0) is 93.4 Å². The van der Waals surface area contributed by atoms with Crippen LogP contribution in [0.3, 0.4) is 0 Å². The maximum absolute atomic E-state index is 3.99. The molecule has 5 heteroatoms. The summed E-state index contributed by atoms with van der Waals surface area (Å²) in [6.07, 6.45) is 0. The molecular weight excluding hydrogens is 605 g/mol. The van der Waals surface area contributed by atoms with Gasteiger partial charge in [-0.25, -0.2) is 0 Å². The van der Waals surface area contributed by atoms with Crippen molar-refractivity contribution in [2.45, 2.75) is 85.7 Å². The average Bonchev–Trinajstić information content (AvgIpc) is 2.99. The number of rotatable bonds is 9. The van der Waals surface area contributed by atoms with Gasteiger partial charge in [0, 0.05) is 33.5 Å². The smallest absolute Gasteiger partial charge is 0.0776 e. The fourth-order valence-electron chi connectivity index (χ4n) is 7.14. The average molecular weight is 657 g/mol. The summed E-state index contributed by atoms with van der Waals surface area (Å²) < 4.78 is 0. The molecule has 46 heavy (non-hydrogen) atoms. The predicted octanol–water partition coefficient (Wildman–Crippen LogP) is 9.71. The van der Waals surface area contributed by atoms with Crippen molar-refractivity contribution in [1.29, 1.82) is 0 Å². The lowest BCUT2D eigenvalue weighted by Gasteiger charge is -2.24. The third-order valence-electron chi connectivity index (χ3n) is 9.80. The van der Waals surface area contributed by atoms with Crippen LogP contribution in [0.15, 0.2) is 72.8 Å². The van der Waals surface area contributed by atoms with Gasteiger partial charge in [0.2, 0.25) is 0 Å². The van der Waals surface area contributed by atoms with Crippen LogP contribution >= 0.6 is 0 Å². The van der Waals surface area contributed by atoms with Gasteiger partial charge in [-0.1, -0.05) is 119 Å². The van der Waals surface area contributed by atoms with Gasteiger partial charge in [-0.2, -0.15) is 0 Å². The highest BCUT2D eigenvalue weighted by molar-refractivity contribution is 6.89. The number of aryl methyl sites for hydroxylation is 1. The minimum atomic E-state index is -1.46. The number of hydrogen-bond acceptors (Lipinski definition) is 2. The SMILES string of the molecule is C[SiH2]c1cc(Nc2cc(C(C)C)c3ccc4c(Nc5cc(C)cc([SiH](C)C)c5)cc(C(C)C)c5ccc2c3c45)cc([Si](C)(C)C)c1. The summed E-state index contributed by atoms with van der Waals surface area (Å²) in [7, 11) is -2.66. The third-order valence-corrected chi connectivity index (χ3v) is 14.7. The van der Waals surface area contributed by atoms with E-state index < -0.39 is 16.9 Å². The van der Waals surface area contributed by atoms with E-state index in [4.69, 9.17) is 0 Å². The molecule has 0 saturated heterocycles. The van der Waals surface area contributed by atoms with Gasteiger partial charge in [-0.3, -0.25) is 0 Å². The lowest BCUT2D eigenvalue weighted by atomic mass is 9.84. The van der Waals surface area contributed by atoms with Crippen LogP contribution in [0, 0.1) is 6.92 Å². The molecule has 0 atom stereocenters. The Kier molecular flexibility index (Phi) is 8.72. The molecule has 0 unspecified atom stereocenters. The van der Waals surface area contributed by atoms with E-state index >= 15 is 0 Å². The van der Waals surface area contributed by atoms with Crippen molar-refractivity contribution < 1.29 is 0 Å². The van der Waals surface area contributed by atoms with E-state index in [1.807, 2.05) is 0 Å². The van der Waals surface area contributed by atoms with Gasteiger partial charge in [0.25, 0.3) is 0 Å². The molecule has 0 amide bonds. The Morgan fingerprint density at radius 2 is 1.13 bits per heavy atom. The van der Waals surface area contributed by atoms with Crippen LogP contribution in [0.2, 0.25) is 39.3 Å². The monoisotopic (exact) mass is 656 g/mol. The first-order valence-corrected chi connectivity index (χ1v) is 25.8. The fourth-order valence-corrected chi connectivity index (χ4v) is 10.5. The van der Waals surface area contributed by atoms with Crippen LogP contribution in [0.25, 0.3) is 32.3 Å². The second kappa shape index (κ2) is 12.3. The highest BCUT2D eigenvalue weighted by Crippen LogP contribution is 2.46. The maximum atomic E-state index is 3.99. The van der Waals surface area contributed by atoms with Crippen LogP contribution in [0.5, 0.6) is 0 Å². The van der Waals surface area contributed by atoms with Crippen LogP contribution in [0.4, 0.5) is 22.7 Å². The summed E-state index contributed by atoms with van der Waals surface area (Å²) in [5, 5.41) is 20.6. The molecule has 0 heterocycles. The quantitative estimate of drug-likeness (QED) is 0.120. The normalized spacial score (nSPS) is 12.7. The molecule has 238 valence electrons. The Balaban J connectivity index is 1.62. The van der Waals surface area contributed by atoms with Crippen LogP contribution in [0.1, 0.15) is 56.2 Å². The molecule has 6 aromatic rings. The van der Waals surface area contributed by atoms with E-state index in [1.165, 1.54) is 76.9 Å². The standard InChI is InChI=1S/C41H52N2Si3/c1-24(2)36-22-38(42-27-16-26(5)17-30(19-27)45(7)8)34-14-12-33-37(25(3)4)23-39(35-15-13-32(36)40(34)41(33)35)43-28-18-29(44-6)21-31(20-28)46(9,10)11/h12-25,42-43,45H,44H2,1-11H3. The zero-order chi connectivity index (χ0) is 33.1. The molecule has 0 radical (unpaired) electrons. The van der Waals surface area contributed by atoms with Crippen LogP contribution in [-0.2, 0) is 0 Å². The Bertz CT molecular complexity index is 2070. The zero-order valence-electron chi connectivity index (χ0n) is 29.9. The van der Waals surface area contributed by atoms with E-state index in [1.54, 1.807) is 10.4 Å². The Labute approximate surface area is 281 Å². The highest BCUT2D eigenvalue weighted by Gasteiger charge is 2.22. The molecule has 0 bridgehead atoms. The van der Waals surface area contributed by atoms with Crippen molar-refractivity contribution in [2.75, 3.05) is 10.6 Å². The summed E-state index contributed by atoms with van der Waals surface area (Å²) >= 11 is 0. The lowest BCUT2D eigenvalue weighted by molar-refractivity contribution is 0.876. The summed E-state index contributed by atoms with van der Waals surface area (Å²) in [6.45, 7) is 26.2. The molecule has 6 rings (SSSR count). The van der Waals surface area contributed by atoms with E-state index in [0.29, 0.717) is 11.8 Å². The van der Waals surface area contributed by atoms with Gasteiger partial charge < -0.3 is 10.6 Å². The van der Waals surface area contributed by atoms with Gasteiger partial charge in [0.1, 0.15) is 0 Å². The summed E-state index contributed by atoms with van der Waals surface area (Å²) in [4.78, 5) is 0. The fraction of sp³-hybridized carbons (Fsp3) is 0.317. The first kappa shape index (κ1) is 32.5.